The molecule has 6 heteroatoms. The molecule has 1 aliphatic carbocycles. The van der Waals surface area contributed by atoms with E-state index in [1.807, 2.05) is 55.1 Å². The maximum absolute atomic E-state index is 12.5. The maximum atomic E-state index is 12.5. The van der Waals surface area contributed by atoms with Crippen molar-refractivity contribution in [1.29, 1.82) is 0 Å². The fourth-order valence-corrected chi connectivity index (χ4v) is 4.38. The van der Waals surface area contributed by atoms with Crippen LogP contribution in [0.4, 0.5) is 0 Å². The van der Waals surface area contributed by atoms with Gasteiger partial charge in [0.25, 0.3) is 5.91 Å². The number of imidazole rings is 1. The van der Waals surface area contributed by atoms with Gasteiger partial charge in [-0.2, -0.15) is 0 Å². The Labute approximate surface area is 175 Å². The third-order valence-electron chi connectivity index (χ3n) is 6.37. The normalized spacial score (nSPS) is 16.7. The first-order chi connectivity index (χ1) is 14.5. The van der Waals surface area contributed by atoms with E-state index in [9.17, 15) is 14.7 Å². The second-order valence-electron chi connectivity index (χ2n) is 8.26. The summed E-state index contributed by atoms with van der Waals surface area (Å²) in [6.07, 6.45) is 3.73. The van der Waals surface area contributed by atoms with Gasteiger partial charge in [0.15, 0.2) is 0 Å². The molecule has 6 nitrogen and oxygen atoms in total. The van der Waals surface area contributed by atoms with Crippen molar-refractivity contribution in [2.75, 3.05) is 0 Å². The topological polar surface area (TPSA) is 67.5 Å². The highest BCUT2D eigenvalue weighted by Gasteiger charge is 2.38. The number of carbonyl (C=O) groups excluding carboxylic acids is 1. The average Bonchev–Trinajstić information content (AvgIpc) is 3.49. The predicted octanol–water partition coefficient (Wildman–Crippen LogP) is 3.77. The summed E-state index contributed by atoms with van der Waals surface area (Å²) in [5.74, 6) is 0.148. The Hall–Kier alpha value is -3.28. The van der Waals surface area contributed by atoms with Gasteiger partial charge in [-0.25, -0.2) is 4.79 Å². The van der Waals surface area contributed by atoms with Crippen molar-refractivity contribution in [3.05, 3.63) is 75.8 Å². The second-order valence-corrected chi connectivity index (χ2v) is 8.26. The Morgan fingerprint density at radius 3 is 2.40 bits per heavy atom. The number of benzene rings is 2. The zero-order valence-corrected chi connectivity index (χ0v) is 17.2. The van der Waals surface area contributed by atoms with Crippen molar-refractivity contribution in [3.63, 3.8) is 0 Å². The van der Waals surface area contributed by atoms with Gasteiger partial charge in [0.1, 0.15) is 0 Å². The number of rotatable bonds is 5. The van der Waals surface area contributed by atoms with Crippen molar-refractivity contribution in [2.24, 2.45) is 0 Å². The van der Waals surface area contributed by atoms with Gasteiger partial charge in [-0.05, 0) is 61.1 Å². The minimum absolute atomic E-state index is 0.0149. The molecule has 2 heterocycles. The molecule has 1 N–H and O–H groups in total. The number of nitrogens with zero attached hydrogens (tertiary/aromatic N) is 3. The molecule has 1 aromatic heterocycles. The van der Waals surface area contributed by atoms with Gasteiger partial charge in [-0.3, -0.25) is 13.9 Å². The lowest BCUT2D eigenvalue weighted by molar-refractivity contribution is 0.0766. The molecule has 1 unspecified atom stereocenters. The predicted molar refractivity (Wildman–Crippen MR) is 115 cm³/mol. The molecule has 3 aromatic rings. The molecule has 0 bridgehead atoms. The monoisotopic (exact) mass is 403 g/mol. The van der Waals surface area contributed by atoms with Gasteiger partial charge in [-0.15, -0.1) is 0 Å². The molecule has 1 amide bonds. The first kappa shape index (κ1) is 18.7. The quantitative estimate of drug-likeness (QED) is 0.705. The smallest absolute Gasteiger partial charge is 0.331 e. The summed E-state index contributed by atoms with van der Waals surface area (Å²) in [7, 11) is 0. The fraction of sp³-hybridized carbons (Fsp3) is 0.333. The van der Waals surface area contributed by atoms with Crippen molar-refractivity contribution in [3.8, 4) is 17.0 Å². The van der Waals surface area contributed by atoms with E-state index in [0.717, 1.165) is 40.7 Å². The van der Waals surface area contributed by atoms with E-state index in [0.29, 0.717) is 19.1 Å². The SMILES string of the molecule is CCn1c(O)cn(C(C)c2ccc(-c3ccc4c(c3)CN(C3CC3)C4=O)cc2)c1=O. The number of carbonyl (C=O) groups is 1. The van der Waals surface area contributed by atoms with Crippen LogP contribution >= 0.6 is 0 Å². The van der Waals surface area contributed by atoms with Gasteiger partial charge >= 0.3 is 5.69 Å². The van der Waals surface area contributed by atoms with Crippen molar-refractivity contribution in [1.82, 2.24) is 14.0 Å². The molecule has 0 spiro atoms. The van der Waals surface area contributed by atoms with Crippen molar-refractivity contribution < 1.29 is 9.90 Å². The lowest BCUT2D eigenvalue weighted by Gasteiger charge is -2.14. The van der Waals surface area contributed by atoms with E-state index < -0.39 is 0 Å². The van der Waals surface area contributed by atoms with Crippen molar-refractivity contribution >= 4 is 5.91 Å². The molecule has 2 aliphatic rings. The Bertz CT molecular complexity index is 1190. The fourth-order valence-electron chi connectivity index (χ4n) is 4.38. The summed E-state index contributed by atoms with van der Waals surface area (Å²) in [4.78, 5) is 27.0. The minimum atomic E-state index is -0.213. The number of hydrogen-bond donors (Lipinski definition) is 1. The highest BCUT2D eigenvalue weighted by Crippen LogP contribution is 2.36. The summed E-state index contributed by atoms with van der Waals surface area (Å²) in [6, 6.07) is 14.4. The molecule has 30 heavy (non-hydrogen) atoms. The second kappa shape index (κ2) is 6.90. The van der Waals surface area contributed by atoms with Crippen LogP contribution in [0.25, 0.3) is 11.1 Å². The molecule has 2 aromatic carbocycles. The molecular formula is C24H25N3O3. The van der Waals surface area contributed by atoms with E-state index in [-0.39, 0.29) is 23.5 Å². The van der Waals surface area contributed by atoms with Crippen LogP contribution in [-0.4, -0.2) is 31.1 Å². The highest BCUT2D eigenvalue weighted by molar-refractivity contribution is 5.99. The van der Waals surface area contributed by atoms with E-state index in [1.165, 1.54) is 10.8 Å². The van der Waals surface area contributed by atoms with Gasteiger partial charge in [0.05, 0.1) is 12.2 Å². The number of amides is 1. The number of aromatic nitrogens is 2. The first-order valence-electron chi connectivity index (χ1n) is 10.5. The summed E-state index contributed by atoms with van der Waals surface area (Å²) < 4.78 is 2.91. The van der Waals surface area contributed by atoms with Crippen LogP contribution in [0.15, 0.2) is 53.5 Å². The summed E-state index contributed by atoms with van der Waals surface area (Å²) >= 11 is 0. The average molecular weight is 403 g/mol. The number of aromatic hydroxyl groups is 1. The van der Waals surface area contributed by atoms with E-state index in [1.54, 1.807) is 4.57 Å². The molecule has 1 atom stereocenters. The molecule has 1 saturated carbocycles. The highest BCUT2D eigenvalue weighted by atomic mass is 16.3. The molecule has 0 saturated heterocycles. The molecule has 154 valence electrons. The summed E-state index contributed by atoms with van der Waals surface area (Å²) in [6.45, 7) is 4.92. The standard InChI is InChI=1S/C24H25N3O3/c1-3-25-22(28)14-26(24(25)30)15(2)16-4-6-17(7-5-16)18-8-11-21-19(12-18)13-27(23(21)29)20-9-10-20/h4-8,11-12,14-15,20,28H,3,9-10,13H2,1-2H3. The third kappa shape index (κ3) is 2.95. The van der Waals surface area contributed by atoms with Gasteiger partial charge in [0, 0.05) is 24.7 Å². The largest absolute Gasteiger partial charge is 0.493 e. The molecule has 1 aliphatic heterocycles. The maximum Gasteiger partial charge on any atom is 0.331 e. The third-order valence-corrected chi connectivity index (χ3v) is 6.37. The van der Waals surface area contributed by atoms with Gasteiger partial charge in [0.2, 0.25) is 5.88 Å². The zero-order chi connectivity index (χ0) is 21.0. The zero-order valence-electron chi connectivity index (χ0n) is 17.2. The minimum Gasteiger partial charge on any atom is -0.493 e. The van der Waals surface area contributed by atoms with Crippen LogP contribution < -0.4 is 5.69 Å². The Morgan fingerprint density at radius 2 is 1.77 bits per heavy atom. The Balaban J connectivity index is 1.40. The van der Waals surface area contributed by atoms with Crippen LogP contribution in [0.1, 0.15) is 54.2 Å². The first-order valence-corrected chi connectivity index (χ1v) is 10.5. The number of hydrogen-bond acceptors (Lipinski definition) is 3. The summed E-state index contributed by atoms with van der Waals surface area (Å²) in [5, 5.41) is 9.97. The van der Waals surface area contributed by atoms with Gasteiger partial charge < -0.3 is 10.0 Å². The lowest BCUT2D eigenvalue weighted by Crippen LogP contribution is -2.26. The van der Waals surface area contributed by atoms with E-state index in [2.05, 4.69) is 6.07 Å². The Kier molecular flexibility index (Phi) is 4.31. The van der Waals surface area contributed by atoms with Crippen LogP contribution in [0.2, 0.25) is 0 Å². The lowest BCUT2D eigenvalue weighted by atomic mass is 9.98. The molecule has 0 radical (unpaired) electrons. The summed E-state index contributed by atoms with van der Waals surface area (Å²) in [5.41, 5.74) is 4.87. The Morgan fingerprint density at radius 1 is 1.07 bits per heavy atom. The van der Waals surface area contributed by atoms with Crippen LogP contribution in [0.3, 0.4) is 0 Å². The van der Waals surface area contributed by atoms with Crippen LogP contribution in [0, 0.1) is 0 Å². The molecule has 5 rings (SSSR count). The van der Waals surface area contributed by atoms with Crippen LogP contribution in [0.5, 0.6) is 5.88 Å². The van der Waals surface area contributed by atoms with E-state index >= 15 is 0 Å². The number of fused-ring (bicyclic) bond motifs is 1. The molecular weight excluding hydrogens is 378 g/mol. The van der Waals surface area contributed by atoms with E-state index in [4.69, 9.17) is 0 Å². The molecule has 1 fully saturated rings. The van der Waals surface area contributed by atoms with Crippen molar-refractivity contribution in [2.45, 2.75) is 51.9 Å². The van der Waals surface area contributed by atoms with Gasteiger partial charge in [-0.1, -0.05) is 30.3 Å². The van der Waals surface area contributed by atoms with Crippen LogP contribution in [-0.2, 0) is 13.1 Å².